The molecule has 2 aromatic carbocycles. The van der Waals surface area contributed by atoms with Crippen molar-refractivity contribution in [1.29, 1.82) is 0 Å². The molecule has 0 aliphatic heterocycles. The number of sulfonamides is 1. The third kappa shape index (κ3) is 4.64. The fraction of sp³-hybridized carbons (Fsp3) is 0.348. The number of aromatic nitrogens is 1. The van der Waals surface area contributed by atoms with Gasteiger partial charge in [-0.05, 0) is 69.2 Å². The van der Waals surface area contributed by atoms with Gasteiger partial charge in [-0.25, -0.2) is 13.2 Å². The molecular formula is C23H25N3O5S2. The minimum atomic E-state index is -3.57. The number of hydrogen-bond donors (Lipinski definition) is 0. The van der Waals surface area contributed by atoms with Crippen molar-refractivity contribution in [2.24, 2.45) is 4.99 Å². The molecule has 1 aromatic heterocycles. The van der Waals surface area contributed by atoms with Crippen molar-refractivity contribution < 1.29 is 22.7 Å². The highest BCUT2D eigenvalue weighted by atomic mass is 32.2. The predicted molar refractivity (Wildman–Crippen MR) is 126 cm³/mol. The molecule has 0 atom stereocenters. The molecule has 4 rings (SSSR count). The first-order valence-electron chi connectivity index (χ1n) is 10.7. The third-order valence-corrected chi connectivity index (χ3v) is 8.51. The Morgan fingerprint density at radius 3 is 2.39 bits per heavy atom. The van der Waals surface area contributed by atoms with Crippen LogP contribution in [0.15, 0.2) is 52.4 Å². The molecule has 174 valence electrons. The van der Waals surface area contributed by atoms with Crippen LogP contribution in [0, 0.1) is 0 Å². The minimum Gasteiger partial charge on any atom is -0.462 e. The number of ether oxygens (including phenoxy) is 1. The molecule has 0 spiro atoms. The van der Waals surface area contributed by atoms with E-state index in [0.29, 0.717) is 29.1 Å². The van der Waals surface area contributed by atoms with Crippen molar-refractivity contribution in [1.82, 2.24) is 8.87 Å². The number of amides is 1. The van der Waals surface area contributed by atoms with Gasteiger partial charge in [-0.2, -0.15) is 9.30 Å². The van der Waals surface area contributed by atoms with Crippen molar-refractivity contribution in [3.05, 3.63) is 58.4 Å². The van der Waals surface area contributed by atoms with E-state index in [2.05, 4.69) is 4.99 Å². The maximum atomic E-state index is 12.8. The van der Waals surface area contributed by atoms with Gasteiger partial charge in [-0.15, -0.1) is 0 Å². The van der Waals surface area contributed by atoms with Gasteiger partial charge in [-0.1, -0.05) is 11.3 Å². The van der Waals surface area contributed by atoms with E-state index in [0.717, 1.165) is 23.1 Å². The van der Waals surface area contributed by atoms with Crippen LogP contribution in [0.1, 0.15) is 47.4 Å². The maximum Gasteiger partial charge on any atom is 0.338 e. The smallest absolute Gasteiger partial charge is 0.338 e. The normalized spacial score (nSPS) is 14.7. The quantitative estimate of drug-likeness (QED) is 0.476. The number of hydrogen-bond acceptors (Lipinski definition) is 6. The fourth-order valence-electron chi connectivity index (χ4n) is 3.53. The molecule has 0 saturated heterocycles. The summed E-state index contributed by atoms with van der Waals surface area (Å²) in [6.07, 6.45) is 1.75. The van der Waals surface area contributed by atoms with Gasteiger partial charge in [0.2, 0.25) is 10.0 Å². The molecule has 1 aliphatic carbocycles. The Hall–Kier alpha value is -2.82. The van der Waals surface area contributed by atoms with Crippen molar-refractivity contribution in [3.8, 4) is 0 Å². The number of carbonyl (C=O) groups excluding carboxylic acids is 2. The van der Waals surface area contributed by atoms with Gasteiger partial charge in [0.15, 0.2) is 4.80 Å². The molecule has 0 radical (unpaired) electrons. The second-order valence-corrected chi connectivity index (χ2v) is 10.7. The van der Waals surface area contributed by atoms with Gasteiger partial charge in [0.1, 0.15) is 0 Å². The molecule has 1 saturated carbocycles. The van der Waals surface area contributed by atoms with Gasteiger partial charge in [0, 0.05) is 25.2 Å². The Labute approximate surface area is 196 Å². The highest BCUT2D eigenvalue weighted by Crippen LogP contribution is 2.30. The van der Waals surface area contributed by atoms with Crippen LogP contribution in [0.25, 0.3) is 10.2 Å². The van der Waals surface area contributed by atoms with E-state index in [1.807, 2.05) is 17.6 Å². The predicted octanol–water partition coefficient (Wildman–Crippen LogP) is 3.42. The molecule has 1 amide bonds. The van der Waals surface area contributed by atoms with Gasteiger partial charge in [-0.3, -0.25) is 4.79 Å². The average Bonchev–Trinajstić information content (AvgIpc) is 3.59. The number of nitrogens with zero attached hydrogens (tertiary/aromatic N) is 3. The zero-order valence-corrected chi connectivity index (χ0v) is 20.3. The number of esters is 1. The van der Waals surface area contributed by atoms with Crippen LogP contribution >= 0.6 is 11.3 Å². The second kappa shape index (κ2) is 9.20. The summed E-state index contributed by atoms with van der Waals surface area (Å²) >= 11 is 1.31. The summed E-state index contributed by atoms with van der Waals surface area (Å²) in [7, 11) is -1.99. The van der Waals surface area contributed by atoms with E-state index < -0.39 is 21.9 Å². The van der Waals surface area contributed by atoms with Crippen LogP contribution in [0.2, 0.25) is 0 Å². The monoisotopic (exact) mass is 487 g/mol. The first-order valence-corrected chi connectivity index (χ1v) is 13.0. The van der Waals surface area contributed by atoms with Crippen LogP contribution < -0.4 is 4.80 Å². The molecule has 3 aromatic rings. The number of fused-ring (bicyclic) bond motifs is 1. The van der Waals surface area contributed by atoms with Crippen molar-refractivity contribution >= 4 is 43.5 Å². The topological polar surface area (TPSA) is 98.0 Å². The highest BCUT2D eigenvalue weighted by molar-refractivity contribution is 7.89. The summed E-state index contributed by atoms with van der Waals surface area (Å²) in [5.41, 5.74) is 1.61. The first kappa shape index (κ1) is 23.3. The molecule has 0 bridgehead atoms. The minimum absolute atomic E-state index is 0.0631. The van der Waals surface area contributed by atoms with Crippen LogP contribution in [0.3, 0.4) is 0 Å². The molecule has 10 heteroatoms. The van der Waals surface area contributed by atoms with Crippen LogP contribution in [0.4, 0.5) is 0 Å². The lowest BCUT2D eigenvalue weighted by Crippen LogP contribution is -2.28. The largest absolute Gasteiger partial charge is 0.462 e. The van der Waals surface area contributed by atoms with E-state index in [-0.39, 0.29) is 10.9 Å². The Morgan fingerprint density at radius 1 is 1.12 bits per heavy atom. The lowest BCUT2D eigenvalue weighted by atomic mass is 10.2. The number of rotatable bonds is 7. The summed E-state index contributed by atoms with van der Waals surface area (Å²) < 4.78 is 34.5. The van der Waals surface area contributed by atoms with Gasteiger partial charge < -0.3 is 9.30 Å². The van der Waals surface area contributed by atoms with Gasteiger partial charge in [0.05, 0.1) is 27.3 Å². The highest BCUT2D eigenvalue weighted by Gasteiger charge is 2.35. The maximum absolute atomic E-state index is 12.8. The number of aryl methyl sites for hydroxylation is 1. The Balaban J connectivity index is 1.64. The summed E-state index contributed by atoms with van der Waals surface area (Å²) in [5.74, 6) is -0.860. The average molecular weight is 488 g/mol. The fourth-order valence-corrected chi connectivity index (χ4v) is 6.07. The molecule has 1 aliphatic rings. The lowest BCUT2D eigenvalue weighted by Gasteiger charge is -2.16. The molecule has 8 nitrogen and oxygen atoms in total. The molecule has 33 heavy (non-hydrogen) atoms. The van der Waals surface area contributed by atoms with E-state index in [1.165, 1.54) is 39.9 Å². The Bertz CT molecular complexity index is 1380. The van der Waals surface area contributed by atoms with Crippen LogP contribution in [-0.4, -0.2) is 48.9 Å². The van der Waals surface area contributed by atoms with Crippen molar-refractivity contribution in [2.75, 3.05) is 13.7 Å². The molecule has 1 heterocycles. The molecule has 1 fully saturated rings. The standard InChI is InChI=1S/C23H25N3O5S2/c1-4-26-19-13-8-16(22(28)31-5-2)14-20(19)32-23(26)24-21(27)15-6-11-18(12-7-15)33(29,30)25(3)17-9-10-17/h6-8,11-14,17H,4-5,9-10H2,1-3H3. The molecular weight excluding hydrogens is 462 g/mol. The summed E-state index contributed by atoms with van der Waals surface area (Å²) in [4.78, 5) is 29.8. The van der Waals surface area contributed by atoms with Crippen LogP contribution in [0.5, 0.6) is 0 Å². The van der Waals surface area contributed by atoms with Gasteiger partial charge >= 0.3 is 5.97 Å². The summed E-state index contributed by atoms with van der Waals surface area (Å²) in [5, 5.41) is 0. The SMILES string of the molecule is CCOC(=O)c1ccc2c(c1)sc(=NC(=O)c1ccc(S(=O)(=O)N(C)C3CC3)cc1)n2CC. The van der Waals surface area contributed by atoms with E-state index in [4.69, 9.17) is 4.74 Å². The van der Waals surface area contributed by atoms with Crippen LogP contribution in [-0.2, 0) is 21.3 Å². The number of thiazole rings is 1. The van der Waals surface area contributed by atoms with E-state index >= 15 is 0 Å². The zero-order chi connectivity index (χ0) is 23.8. The number of benzene rings is 2. The van der Waals surface area contributed by atoms with Gasteiger partial charge in [0.25, 0.3) is 5.91 Å². The first-order chi connectivity index (χ1) is 15.8. The number of carbonyl (C=O) groups is 2. The lowest BCUT2D eigenvalue weighted by molar-refractivity contribution is 0.0526. The summed E-state index contributed by atoms with van der Waals surface area (Å²) in [6.45, 7) is 4.59. The van der Waals surface area contributed by atoms with Crippen molar-refractivity contribution in [3.63, 3.8) is 0 Å². The second-order valence-electron chi connectivity index (χ2n) is 7.73. The third-order valence-electron chi connectivity index (χ3n) is 5.55. The van der Waals surface area contributed by atoms with E-state index in [1.54, 1.807) is 26.1 Å². The van der Waals surface area contributed by atoms with E-state index in [9.17, 15) is 18.0 Å². The van der Waals surface area contributed by atoms with Crippen molar-refractivity contribution in [2.45, 2.75) is 44.2 Å². The molecule has 0 unspecified atom stereocenters. The Kier molecular flexibility index (Phi) is 6.51. The zero-order valence-electron chi connectivity index (χ0n) is 18.6. The summed E-state index contributed by atoms with van der Waals surface area (Å²) in [6, 6.07) is 11.2. The molecule has 0 N–H and O–H groups in total. The Morgan fingerprint density at radius 2 is 1.79 bits per heavy atom.